The molecule has 56 valence electrons. The molecule has 0 spiro atoms. The first-order valence-corrected chi connectivity index (χ1v) is 4.54. The number of benzene rings is 1. The van der Waals surface area contributed by atoms with Crippen LogP contribution in [0.4, 0.5) is 0 Å². The number of nitrogens with zero attached hydrogens (tertiary/aromatic N) is 2. The van der Waals surface area contributed by atoms with Gasteiger partial charge in [-0.15, -0.1) is 25.3 Å². The molecule has 0 saturated carbocycles. The summed E-state index contributed by atoms with van der Waals surface area (Å²) in [7, 11) is 0. The lowest BCUT2D eigenvalue weighted by Gasteiger charge is -1.95. The van der Waals surface area contributed by atoms with E-state index in [-0.39, 0.29) is 0 Å². The molecule has 0 unspecified atom stereocenters. The van der Waals surface area contributed by atoms with E-state index in [4.69, 9.17) is 0 Å². The Morgan fingerprint density at radius 2 is 2.00 bits per heavy atom. The summed E-state index contributed by atoms with van der Waals surface area (Å²) in [6.45, 7) is 0. The van der Waals surface area contributed by atoms with E-state index in [0.717, 1.165) is 20.8 Å². The van der Waals surface area contributed by atoms with Gasteiger partial charge in [0.2, 0.25) is 0 Å². The summed E-state index contributed by atoms with van der Waals surface area (Å²) >= 11 is 9.66. The molecule has 2 rings (SSSR count). The van der Waals surface area contributed by atoms with Crippen molar-refractivity contribution in [2.75, 3.05) is 0 Å². The minimum atomic E-state index is 0.805. The van der Waals surface area contributed by atoms with Gasteiger partial charge in [-0.05, 0) is 12.1 Å². The molecule has 0 fully saturated rings. The lowest BCUT2D eigenvalue weighted by Crippen LogP contribution is -1.74. The first-order valence-electron chi connectivity index (χ1n) is 2.92. The third-order valence-corrected chi connectivity index (χ3v) is 2.92. The molecule has 0 amide bonds. The summed E-state index contributed by atoms with van der Waals surface area (Å²) in [6.07, 6.45) is 0. The summed E-state index contributed by atoms with van der Waals surface area (Å²) in [5, 5.41) is 0. The fraction of sp³-hybridized carbons (Fsp3) is 0. The van der Waals surface area contributed by atoms with Gasteiger partial charge in [-0.1, -0.05) is 0 Å². The van der Waals surface area contributed by atoms with Crippen LogP contribution in [0.15, 0.2) is 21.9 Å². The monoisotopic (exact) mass is 200 g/mol. The predicted molar refractivity (Wildman–Crippen MR) is 51.9 cm³/mol. The Morgan fingerprint density at radius 3 is 2.82 bits per heavy atom. The third-order valence-electron chi connectivity index (χ3n) is 1.38. The van der Waals surface area contributed by atoms with Crippen LogP contribution in [0.1, 0.15) is 0 Å². The summed E-state index contributed by atoms with van der Waals surface area (Å²) in [5.41, 5.74) is 1.73. The summed E-state index contributed by atoms with van der Waals surface area (Å²) in [4.78, 5) is 1.65. The van der Waals surface area contributed by atoms with Crippen molar-refractivity contribution in [3.63, 3.8) is 0 Å². The third kappa shape index (κ3) is 1.13. The summed E-state index contributed by atoms with van der Waals surface area (Å²) in [5.74, 6) is 0. The molecule has 0 aliphatic carbocycles. The molecule has 1 aromatic heterocycles. The summed E-state index contributed by atoms with van der Waals surface area (Å²) in [6, 6.07) is 3.76. The molecule has 0 N–H and O–H groups in total. The fourth-order valence-corrected chi connectivity index (χ4v) is 1.86. The quantitative estimate of drug-likeness (QED) is 0.638. The molecule has 2 aromatic rings. The Kier molecular flexibility index (Phi) is 1.78. The van der Waals surface area contributed by atoms with Crippen molar-refractivity contribution >= 4 is 48.0 Å². The maximum atomic E-state index is 4.26. The molecule has 0 saturated heterocycles. The maximum Gasteiger partial charge on any atom is 0.119 e. The van der Waals surface area contributed by atoms with Crippen LogP contribution >= 0.6 is 37.0 Å². The van der Waals surface area contributed by atoms with E-state index in [1.54, 1.807) is 0 Å². The van der Waals surface area contributed by atoms with Gasteiger partial charge in [0.25, 0.3) is 0 Å². The van der Waals surface area contributed by atoms with Crippen molar-refractivity contribution in [1.82, 2.24) is 8.75 Å². The zero-order valence-electron chi connectivity index (χ0n) is 5.35. The van der Waals surface area contributed by atoms with Crippen LogP contribution in [-0.4, -0.2) is 8.75 Å². The average Bonchev–Trinajstić information content (AvgIpc) is 2.45. The van der Waals surface area contributed by atoms with Crippen LogP contribution in [0.2, 0.25) is 0 Å². The van der Waals surface area contributed by atoms with Gasteiger partial charge in [0.15, 0.2) is 0 Å². The number of hydrogen-bond donors (Lipinski definition) is 2. The molecule has 5 heteroatoms. The van der Waals surface area contributed by atoms with Crippen LogP contribution in [-0.2, 0) is 0 Å². The maximum absolute atomic E-state index is 4.26. The van der Waals surface area contributed by atoms with Crippen molar-refractivity contribution in [2.45, 2.75) is 9.79 Å². The molecular formula is C6H4N2S3. The van der Waals surface area contributed by atoms with Gasteiger partial charge in [-0.3, -0.25) is 0 Å². The lowest BCUT2D eigenvalue weighted by molar-refractivity contribution is 1.30. The lowest BCUT2D eigenvalue weighted by atomic mass is 10.3. The molecule has 11 heavy (non-hydrogen) atoms. The second kappa shape index (κ2) is 2.66. The molecule has 2 nitrogen and oxygen atoms in total. The standard InChI is InChI=1S/C6H4N2S3/c9-4-2-1-3-5(6(4)10)8-11-7-3/h1-2,9-10H. The van der Waals surface area contributed by atoms with E-state index in [9.17, 15) is 0 Å². The van der Waals surface area contributed by atoms with Gasteiger partial charge in [0.1, 0.15) is 11.0 Å². The van der Waals surface area contributed by atoms with Gasteiger partial charge in [-0.25, -0.2) is 0 Å². The van der Waals surface area contributed by atoms with Crippen molar-refractivity contribution in [1.29, 1.82) is 0 Å². The molecular weight excluding hydrogens is 196 g/mol. The molecule has 1 heterocycles. The Labute approximate surface area is 78.8 Å². The highest BCUT2D eigenvalue weighted by atomic mass is 32.1. The van der Waals surface area contributed by atoms with Crippen LogP contribution in [0.5, 0.6) is 0 Å². The first kappa shape index (κ1) is 7.39. The van der Waals surface area contributed by atoms with Crippen molar-refractivity contribution in [3.8, 4) is 0 Å². The Morgan fingerprint density at radius 1 is 1.18 bits per heavy atom. The van der Waals surface area contributed by atoms with Crippen molar-refractivity contribution in [3.05, 3.63) is 12.1 Å². The van der Waals surface area contributed by atoms with E-state index in [0.29, 0.717) is 0 Å². The molecule has 0 aliphatic heterocycles. The number of thiol groups is 2. The van der Waals surface area contributed by atoms with E-state index in [2.05, 4.69) is 34.0 Å². The number of hydrogen-bond acceptors (Lipinski definition) is 5. The minimum Gasteiger partial charge on any atom is -0.173 e. The molecule has 0 aliphatic rings. The average molecular weight is 200 g/mol. The molecule has 0 radical (unpaired) electrons. The van der Waals surface area contributed by atoms with Crippen LogP contribution in [0, 0.1) is 0 Å². The Balaban J connectivity index is 2.93. The predicted octanol–water partition coefficient (Wildman–Crippen LogP) is 2.27. The fourth-order valence-electron chi connectivity index (χ4n) is 0.827. The molecule has 0 atom stereocenters. The van der Waals surface area contributed by atoms with E-state index >= 15 is 0 Å². The molecule has 0 bridgehead atoms. The van der Waals surface area contributed by atoms with Crippen LogP contribution in [0.3, 0.4) is 0 Å². The zero-order valence-corrected chi connectivity index (χ0v) is 7.96. The van der Waals surface area contributed by atoms with Gasteiger partial charge < -0.3 is 0 Å². The Hall–Kier alpha value is -0.260. The number of aromatic nitrogens is 2. The van der Waals surface area contributed by atoms with E-state index in [1.165, 1.54) is 11.7 Å². The number of fused-ring (bicyclic) bond motifs is 1. The SMILES string of the molecule is Sc1ccc2nsnc2c1S. The van der Waals surface area contributed by atoms with Crippen molar-refractivity contribution < 1.29 is 0 Å². The van der Waals surface area contributed by atoms with Crippen LogP contribution in [0.25, 0.3) is 11.0 Å². The second-order valence-corrected chi connectivity index (χ2v) is 3.52. The van der Waals surface area contributed by atoms with E-state index < -0.39 is 0 Å². The largest absolute Gasteiger partial charge is 0.173 e. The smallest absolute Gasteiger partial charge is 0.119 e. The summed E-state index contributed by atoms with van der Waals surface area (Å²) < 4.78 is 8.15. The number of rotatable bonds is 0. The topological polar surface area (TPSA) is 25.8 Å². The van der Waals surface area contributed by atoms with Gasteiger partial charge in [0, 0.05) is 9.79 Å². The first-order chi connectivity index (χ1) is 5.29. The highest BCUT2D eigenvalue weighted by Crippen LogP contribution is 2.26. The second-order valence-electron chi connectivity index (χ2n) is 2.07. The van der Waals surface area contributed by atoms with Crippen molar-refractivity contribution in [2.24, 2.45) is 0 Å². The highest BCUT2D eigenvalue weighted by molar-refractivity contribution is 7.83. The van der Waals surface area contributed by atoms with Crippen LogP contribution < -0.4 is 0 Å². The van der Waals surface area contributed by atoms with Gasteiger partial charge in [0.05, 0.1) is 11.7 Å². The Bertz CT molecular complexity index is 396. The normalized spacial score (nSPS) is 10.7. The van der Waals surface area contributed by atoms with E-state index in [1.807, 2.05) is 12.1 Å². The van der Waals surface area contributed by atoms with Gasteiger partial charge >= 0.3 is 0 Å². The molecule has 1 aromatic carbocycles. The highest BCUT2D eigenvalue weighted by Gasteiger charge is 2.03. The minimum absolute atomic E-state index is 0.805. The zero-order chi connectivity index (χ0) is 7.84. The van der Waals surface area contributed by atoms with Gasteiger partial charge in [-0.2, -0.15) is 8.75 Å².